The molecule has 0 bridgehead atoms. The van der Waals surface area contributed by atoms with Gasteiger partial charge in [0.25, 0.3) is 0 Å². The molecule has 116 valence electrons. The van der Waals surface area contributed by atoms with Gasteiger partial charge in [-0.05, 0) is 31.2 Å². The van der Waals surface area contributed by atoms with Crippen LogP contribution in [0.3, 0.4) is 0 Å². The number of carbonyl (C=O) groups is 2. The summed E-state index contributed by atoms with van der Waals surface area (Å²) in [7, 11) is 1.51. The molecule has 2 N–H and O–H groups in total. The summed E-state index contributed by atoms with van der Waals surface area (Å²) in [6.07, 6.45) is 0.104. The van der Waals surface area contributed by atoms with Gasteiger partial charge < -0.3 is 10.6 Å². The Bertz CT molecular complexity index is 670. The van der Waals surface area contributed by atoms with Crippen LogP contribution >= 0.6 is 11.3 Å². The van der Waals surface area contributed by atoms with E-state index in [1.54, 1.807) is 19.1 Å². The maximum Gasteiger partial charge on any atom is 0.242 e. The van der Waals surface area contributed by atoms with Crippen molar-refractivity contribution >= 4 is 23.2 Å². The van der Waals surface area contributed by atoms with Crippen molar-refractivity contribution < 1.29 is 14.0 Å². The average molecular weight is 321 g/mol. The van der Waals surface area contributed by atoms with Crippen molar-refractivity contribution in [2.75, 3.05) is 7.05 Å². The highest BCUT2D eigenvalue weighted by atomic mass is 32.1. The Morgan fingerprint density at radius 3 is 2.64 bits per heavy atom. The van der Waals surface area contributed by atoms with Gasteiger partial charge in [-0.1, -0.05) is 0 Å². The summed E-state index contributed by atoms with van der Waals surface area (Å²) in [4.78, 5) is 27.6. The van der Waals surface area contributed by atoms with Crippen LogP contribution in [0.5, 0.6) is 0 Å². The van der Waals surface area contributed by atoms with Crippen LogP contribution in [-0.4, -0.2) is 29.9 Å². The van der Waals surface area contributed by atoms with Gasteiger partial charge in [-0.3, -0.25) is 9.59 Å². The first kappa shape index (κ1) is 16.1. The van der Waals surface area contributed by atoms with Crippen LogP contribution in [-0.2, 0) is 16.0 Å². The zero-order valence-corrected chi connectivity index (χ0v) is 13.0. The third-order valence-corrected chi connectivity index (χ3v) is 3.87. The predicted molar refractivity (Wildman–Crippen MR) is 82.9 cm³/mol. The fourth-order valence-electron chi connectivity index (χ4n) is 1.86. The van der Waals surface area contributed by atoms with E-state index < -0.39 is 6.04 Å². The molecule has 0 aliphatic rings. The van der Waals surface area contributed by atoms with Crippen molar-refractivity contribution in [3.63, 3.8) is 0 Å². The number of rotatable bonds is 5. The van der Waals surface area contributed by atoms with Gasteiger partial charge in [-0.15, -0.1) is 11.3 Å². The van der Waals surface area contributed by atoms with Crippen molar-refractivity contribution in [2.24, 2.45) is 0 Å². The number of nitrogens with one attached hydrogen (secondary N) is 2. The summed E-state index contributed by atoms with van der Waals surface area (Å²) in [5, 5.41) is 7.53. The quantitative estimate of drug-likeness (QED) is 0.881. The fourth-order valence-corrected chi connectivity index (χ4v) is 2.66. The minimum Gasteiger partial charge on any atom is -0.357 e. The van der Waals surface area contributed by atoms with Crippen LogP contribution in [0.1, 0.15) is 11.9 Å². The lowest BCUT2D eigenvalue weighted by atomic mass is 10.2. The number of hydrogen-bond acceptors (Lipinski definition) is 4. The van der Waals surface area contributed by atoms with E-state index in [0.29, 0.717) is 10.7 Å². The highest BCUT2D eigenvalue weighted by molar-refractivity contribution is 7.10. The molecule has 0 spiro atoms. The number of amides is 2. The van der Waals surface area contributed by atoms with E-state index in [4.69, 9.17) is 0 Å². The van der Waals surface area contributed by atoms with Crippen molar-refractivity contribution in [1.29, 1.82) is 0 Å². The van der Waals surface area contributed by atoms with Gasteiger partial charge in [0.1, 0.15) is 16.9 Å². The standard InChI is InChI=1S/C15H16FN3O2S/c1-9(15(21)17-2)18-13(20)7-14-19-12(8-22-14)10-3-5-11(16)6-4-10/h3-6,8-9H,7H2,1-2H3,(H,17,21)(H,18,20)/t9-/m1/s1. The number of likely N-dealkylation sites (N-methyl/N-ethyl adjacent to an activating group) is 1. The summed E-state index contributed by atoms with van der Waals surface area (Å²) in [5.41, 5.74) is 1.50. The Hall–Kier alpha value is -2.28. The highest BCUT2D eigenvalue weighted by Crippen LogP contribution is 2.22. The minimum absolute atomic E-state index is 0.104. The lowest BCUT2D eigenvalue weighted by Gasteiger charge is -2.11. The summed E-state index contributed by atoms with van der Waals surface area (Å²) < 4.78 is 12.9. The third kappa shape index (κ3) is 4.11. The van der Waals surface area contributed by atoms with E-state index in [2.05, 4.69) is 15.6 Å². The second-order valence-corrected chi connectivity index (χ2v) is 5.66. The molecule has 0 saturated carbocycles. The number of halogens is 1. The van der Waals surface area contributed by atoms with E-state index in [9.17, 15) is 14.0 Å². The minimum atomic E-state index is -0.589. The second-order valence-electron chi connectivity index (χ2n) is 4.71. The predicted octanol–water partition coefficient (Wildman–Crippen LogP) is 1.74. The fraction of sp³-hybridized carbons (Fsp3) is 0.267. The molecule has 0 saturated heterocycles. The number of thiazole rings is 1. The van der Waals surface area contributed by atoms with Crippen LogP contribution < -0.4 is 10.6 Å². The Kier molecular flexibility index (Phi) is 5.21. The average Bonchev–Trinajstić information content (AvgIpc) is 2.95. The van der Waals surface area contributed by atoms with E-state index in [0.717, 1.165) is 5.56 Å². The maximum atomic E-state index is 12.9. The first-order valence-corrected chi connectivity index (χ1v) is 7.59. The third-order valence-electron chi connectivity index (χ3n) is 3.02. The maximum absolute atomic E-state index is 12.9. The van der Waals surface area contributed by atoms with Crippen molar-refractivity contribution in [1.82, 2.24) is 15.6 Å². The normalized spacial score (nSPS) is 11.8. The number of carbonyl (C=O) groups excluding carboxylic acids is 2. The van der Waals surface area contributed by atoms with Gasteiger partial charge in [-0.2, -0.15) is 0 Å². The van der Waals surface area contributed by atoms with E-state index in [-0.39, 0.29) is 24.1 Å². The molecule has 0 aliphatic heterocycles. The molecule has 5 nitrogen and oxygen atoms in total. The lowest BCUT2D eigenvalue weighted by Crippen LogP contribution is -2.44. The molecule has 1 aromatic heterocycles. The van der Waals surface area contributed by atoms with E-state index in [1.165, 1.54) is 30.5 Å². The molecule has 1 aromatic carbocycles. The second kappa shape index (κ2) is 7.13. The number of benzene rings is 1. The summed E-state index contributed by atoms with van der Waals surface area (Å²) in [5.74, 6) is -0.822. The SMILES string of the molecule is CNC(=O)[C@@H](C)NC(=O)Cc1nc(-c2ccc(F)cc2)cs1. The first-order chi connectivity index (χ1) is 10.5. The molecular formula is C15H16FN3O2S. The molecule has 0 unspecified atom stereocenters. The molecule has 2 aromatic rings. The molecule has 0 aliphatic carbocycles. The molecule has 2 rings (SSSR count). The molecule has 1 heterocycles. The first-order valence-electron chi connectivity index (χ1n) is 6.71. The molecule has 1 atom stereocenters. The monoisotopic (exact) mass is 321 g/mol. The summed E-state index contributed by atoms with van der Waals surface area (Å²) in [6, 6.07) is 5.43. The smallest absolute Gasteiger partial charge is 0.242 e. The van der Waals surface area contributed by atoms with E-state index >= 15 is 0 Å². The summed E-state index contributed by atoms with van der Waals surface area (Å²) >= 11 is 1.35. The molecule has 2 amide bonds. The van der Waals surface area contributed by atoms with Crippen LogP contribution in [0.4, 0.5) is 4.39 Å². The topological polar surface area (TPSA) is 71.1 Å². The molecule has 7 heteroatoms. The van der Waals surface area contributed by atoms with Gasteiger partial charge in [0.15, 0.2) is 0 Å². The molecule has 0 radical (unpaired) electrons. The Labute approximate surface area is 131 Å². The Balaban J connectivity index is 1.98. The van der Waals surface area contributed by atoms with Crippen LogP contribution in [0.25, 0.3) is 11.3 Å². The van der Waals surface area contributed by atoms with Gasteiger partial charge in [0, 0.05) is 18.0 Å². The highest BCUT2D eigenvalue weighted by Gasteiger charge is 2.15. The largest absolute Gasteiger partial charge is 0.357 e. The Morgan fingerprint density at radius 2 is 2.00 bits per heavy atom. The van der Waals surface area contributed by atoms with Crippen LogP contribution in [0.15, 0.2) is 29.6 Å². The van der Waals surface area contributed by atoms with Gasteiger partial charge in [-0.25, -0.2) is 9.37 Å². The van der Waals surface area contributed by atoms with Crippen molar-refractivity contribution in [3.8, 4) is 11.3 Å². The number of aromatic nitrogens is 1. The van der Waals surface area contributed by atoms with Gasteiger partial charge in [0.2, 0.25) is 11.8 Å². The lowest BCUT2D eigenvalue weighted by molar-refractivity contribution is -0.128. The van der Waals surface area contributed by atoms with E-state index in [1.807, 2.05) is 5.38 Å². The Morgan fingerprint density at radius 1 is 1.32 bits per heavy atom. The molecule has 22 heavy (non-hydrogen) atoms. The van der Waals surface area contributed by atoms with Crippen molar-refractivity contribution in [3.05, 3.63) is 40.5 Å². The molecule has 0 fully saturated rings. The zero-order chi connectivity index (χ0) is 16.1. The van der Waals surface area contributed by atoms with Crippen molar-refractivity contribution in [2.45, 2.75) is 19.4 Å². The molecular weight excluding hydrogens is 305 g/mol. The van der Waals surface area contributed by atoms with Gasteiger partial charge in [0.05, 0.1) is 12.1 Å². The van der Waals surface area contributed by atoms with Crippen LogP contribution in [0.2, 0.25) is 0 Å². The number of nitrogens with zero attached hydrogens (tertiary/aromatic N) is 1. The summed E-state index contributed by atoms with van der Waals surface area (Å²) in [6.45, 7) is 1.61. The number of hydrogen-bond donors (Lipinski definition) is 2. The van der Waals surface area contributed by atoms with Crippen LogP contribution in [0, 0.1) is 5.82 Å². The zero-order valence-electron chi connectivity index (χ0n) is 12.2. The van der Waals surface area contributed by atoms with Gasteiger partial charge >= 0.3 is 0 Å².